The highest BCUT2D eigenvalue weighted by molar-refractivity contribution is 8.18. The molecule has 27 heavy (non-hydrogen) atoms. The predicted molar refractivity (Wildman–Crippen MR) is 101 cm³/mol. The van der Waals surface area contributed by atoms with E-state index in [0.717, 1.165) is 23.9 Å². The molecule has 10 heteroatoms. The number of carbonyl (C=O) groups is 1. The Bertz CT molecular complexity index is 1010. The van der Waals surface area contributed by atoms with E-state index in [4.69, 9.17) is 16.3 Å². The van der Waals surface area contributed by atoms with Gasteiger partial charge in [0, 0.05) is 6.07 Å². The second-order valence-electron chi connectivity index (χ2n) is 5.26. The molecule has 1 N–H and O–H groups in total. The molecule has 1 fully saturated rings. The first-order chi connectivity index (χ1) is 12.9. The molecule has 1 heterocycles. The van der Waals surface area contributed by atoms with Crippen LogP contribution >= 0.6 is 23.4 Å². The van der Waals surface area contributed by atoms with E-state index in [1.165, 1.54) is 13.2 Å². The van der Waals surface area contributed by atoms with Gasteiger partial charge in [-0.25, -0.2) is 4.99 Å². The fourth-order valence-corrected chi connectivity index (χ4v) is 3.25. The van der Waals surface area contributed by atoms with Crippen molar-refractivity contribution < 1.29 is 19.6 Å². The summed E-state index contributed by atoms with van der Waals surface area (Å²) in [5.41, 5.74) is 0.133. The number of benzene rings is 2. The van der Waals surface area contributed by atoms with Crippen molar-refractivity contribution in [3.05, 3.63) is 62.0 Å². The average Bonchev–Trinajstić information content (AvgIpc) is 2.97. The average molecular weight is 405 g/mol. The minimum absolute atomic E-state index is 0.0299. The van der Waals surface area contributed by atoms with Crippen LogP contribution in [0.25, 0.3) is 6.08 Å². The lowest BCUT2D eigenvalue weighted by Crippen LogP contribution is -2.19. The topological polar surface area (TPSA) is 117 Å². The van der Waals surface area contributed by atoms with E-state index in [9.17, 15) is 20.0 Å². The van der Waals surface area contributed by atoms with Crippen LogP contribution in [0.5, 0.6) is 11.5 Å². The van der Waals surface area contributed by atoms with Crippen LogP contribution < -0.4 is 15.2 Å². The largest absolute Gasteiger partial charge is 0.870 e. The van der Waals surface area contributed by atoms with Gasteiger partial charge in [-0.15, -0.1) is 0 Å². The second-order valence-corrected chi connectivity index (χ2v) is 6.69. The number of thioether (sulfide) groups is 1. The number of methoxy groups -OCH3 is 1. The van der Waals surface area contributed by atoms with Crippen molar-refractivity contribution in [2.75, 3.05) is 7.11 Å². The highest BCUT2D eigenvalue weighted by atomic mass is 35.5. The summed E-state index contributed by atoms with van der Waals surface area (Å²) in [5, 5.41) is 26.6. The summed E-state index contributed by atoms with van der Waals surface area (Å²) in [4.78, 5) is 27.0. The molecule has 0 bridgehead atoms. The van der Waals surface area contributed by atoms with Gasteiger partial charge in [-0.3, -0.25) is 14.9 Å². The molecule has 0 aliphatic carbocycles. The van der Waals surface area contributed by atoms with Gasteiger partial charge < -0.3 is 15.2 Å². The van der Waals surface area contributed by atoms with Crippen molar-refractivity contribution in [2.24, 2.45) is 4.99 Å². The molecular formula is C17H11ClN3O5S-. The van der Waals surface area contributed by atoms with Crippen molar-refractivity contribution in [2.45, 2.75) is 0 Å². The predicted octanol–water partition coefficient (Wildman–Crippen LogP) is 3.22. The number of aliphatic imine (C=N–C) groups is 1. The molecule has 1 amide bonds. The smallest absolute Gasteiger partial charge is 0.273 e. The fourth-order valence-electron chi connectivity index (χ4n) is 2.25. The Hall–Kier alpha value is -3.04. The Balaban J connectivity index is 1.97. The lowest BCUT2D eigenvalue weighted by Gasteiger charge is -2.15. The molecule has 1 aliphatic rings. The molecule has 0 spiro atoms. The van der Waals surface area contributed by atoms with Gasteiger partial charge in [-0.2, -0.15) is 0 Å². The normalized spacial score (nSPS) is 16.6. The summed E-state index contributed by atoms with van der Waals surface area (Å²) in [6.07, 6.45) is 1.27. The van der Waals surface area contributed by atoms with Crippen LogP contribution in [0.15, 0.2) is 46.3 Å². The highest BCUT2D eigenvalue weighted by Gasteiger charge is 2.24. The summed E-state index contributed by atoms with van der Waals surface area (Å²) >= 11 is 7.04. The fraction of sp³-hybridized carbons (Fsp3) is 0.0588. The Morgan fingerprint density at radius 1 is 1.33 bits per heavy atom. The molecule has 2 aromatic rings. The maximum atomic E-state index is 12.3. The number of non-ortho nitro benzene ring substituents is 1. The number of nitro groups is 1. The highest BCUT2D eigenvalue weighted by Crippen LogP contribution is 2.36. The van der Waals surface area contributed by atoms with Gasteiger partial charge in [0.25, 0.3) is 11.6 Å². The Morgan fingerprint density at radius 2 is 2.07 bits per heavy atom. The van der Waals surface area contributed by atoms with E-state index in [1.807, 2.05) is 0 Å². The van der Waals surface area contributed by atoms with E-state index in [2.05, 4.69) is 10.3 Å². The molecule has 0 radical (unpaired) electrons. The van der Waals surface area contributed by atoms with Crippen LogP contribution in [-0.2, 0) is 4.79 Å². The van der Waals surface area contributed by atoms with E-state index in [0.29, 0.717) is 10.7 Å². The maximum absolute atomic E-state index is 12.3. The molecule has 2 aromatic carbocycles. The number of hydrogen-bond donors (Lipinski definition) is 1. The molecule has 1 aliphatic heterocycles. The Kier molecular flexibility index (Phi) is 5.33. The molecule has 0 aromatic heterocycles. The van der Waals surface area contributed by atoms with Crippen molar-refractivity contribution in [3.8, 4) is 11.5 Å². The van der Waals surface area contributed by atoms with Crippen LogP contribution in [0.1, 0.15) is 5.56 Å². The van der Waals surface area contributed by atoms with Crippen LogP contribution in [0.4, 0.5) is 11.4 Å². The first kappa shape index (κ1) is 18.7. The lowest BCUT2D eigenvalue weighted by atomic mass is 10.1. The molecule has 3 rings (SSSR count). The van der Waals surface area contributed by atoms with Gasteiger partial charge in [-0.1, -0.05) is 29.5 Å². The standard InChI is InChI=1S/C17H12ClN3O5S/c1-26-13-8-10(21(24)25)6-9(15(13)22)7-14-16(23)20-17(27-14)19-12-5-3-2-4-11(12)18/h2-8,22H,1H3,(H,19,20,23)/p-1/b14-7-. The van der Waals surface area contributed by atoms with Crippen molar-refractivity contribution in [1.82, 2.24) is 5.32 Å². The number of nitrogens with zero attached hydrogens (tertiary/aromatic N) is 2. The summed E-state index contributed by atoms with van der Waals surface area (Å²) < 4.78 is 4.89. The summed E-state index contributed by atoms with van der Waals surface area (Å²) in [7, 11) is 1.24. The molecule has 0 unspecified atom stereocenters. The van der Waals surface area contributed by atoms with Crippen molar-refractivity contribution in [1.29, 1.82) is 0 Å². The Labute approximate surface area is 162 Å². The number of hydrogen-bond acceptors (Lipinski definition) is 7. The first-order valence-electron chi connectivity index (χ1n) is 7.46. The molecular weight excluding hydrogens is 394 g/mol. The third-order valence-electron chi connectivity index (χ3n) is 3.51. The van der Waals surface area contributed by atoms with Crippen LogP contribution in [0.2, 0.25) is 5.02 Å². The number of nitro benzene ring substituents is 1. The number of amides is 1. The number of halogens is 1. The number of para-hydroxylation sites is 1. The Morgan fingerprint density at radius 3 is 2.74 bits per heavy atom. The van der Waals surface area contributed by atoms with Crippen LogP contribution in [-0.4, -0.2) is 23.1 Å². The summed E-state index contributed by atoms with van der Waals surface area (Å²) in [5.74, 6) is -1.21. The molecule has 1 saturated heterocycles. The van der Waals surface area contributed by atoms with Gasteiger partial charge in [0.05, 0.1) is 33.7 Å². The van der Waals surface area contributed by atoms with Crippen LogP contribution in [0.3, 0.4) is 0 Å². The van der Waals surface area contributed by atoms with E-state index in [-0.39, 0.29) is 27.1 Å². The third kappa shape index (κ3) is 4.04. The molecule has 0 saturated carbocycles. The molecule has 8 nitrogen and oxygen atoms in total. The lowest BCUT2D eigenvalue weighted by molar-refractivity contribution is -0.385. The number of rotatable bonds is 4. The minimum atomic E-state index is -0.643. The van der Waals surface area contributed by atoms with Gasteiger partial charge in [0.15, 0.2) is 5.17 Å². The third-order valence-corrected chi connectivity index (χ3v) is 4.74. The van der Waals surface area contributed by atoms with Crippen molar-refractivity contribution >= 4 is 51.9 Å². The monoisotopic (exact) mass is 404 g/mol. The van der Waals surface area contributed by atoms with Crippen LogP contribution in [0, 0.1) is 10.1 Å². The zero-order chi connectivity index (χ0) is 19.6. The summed E-state index contributed by atoms with van der Waals surface area (Å²) in [6, 6.07) is 8.99. The number of amidine groups is 1. The van der Waals surface area contributed by atoms with Gasteiger partial charge in [-0.05, 0) is 35.5 Å². The summed E-state index contributed by atoms with van der Waals surface area (Å²) in [6.45, 7) is 0. The number of ether oxygens (including phenoxy) is 1. The minimum Gasteiger partial charge on any atom is -0.870 e. The van der Waals surface area contributed by atoms with E-state index < -0.39 is 16.6 Å². The maximum Gasteiger partial charge on any atom is 0.273 e. The van der Waals surface area contributed by atoms with E-state index >= 15 is 0 Å². The van der Waals surface area contributed by atoms with Gasteiger partial charge >= 0.3 is 0 Å². The van der Waals surface area contributed by atoms with Gasteiger partial charge in [0.2, 0.25) is 0 Å². The molecule has 138 valence electrons. The zero-order valence-electron chi connectivity index (χ0n) is 13.8. The SMILES string of the molecule is COc1cc([N+](=O)[O-])cc(/C=C2\SC(=Nc3ccccc3Cl)NC2=O)c1[O-]. The molecule has 0 atom stereocenters. The number of nitrogens with one attached hydrogen (secondary N) is 1. The zero-order valence-corrected chi connectivity index (χ0v) is 15.3. The first-order valence-corrected chi connectivity index (χ1v) is 8.66. The van der Waals surface area contributed by atoms with Crippen molar-refractivity contribution in [3.63, 3.8) is 0 Å². The quantitative estimate of drug-likeness (QED) is 0.475. The van der Waals surface area contributed by atoms with Gasteiger partial charge in [0.1, 0.15) is 5.75 Å². The second kappa shape index (κ2) is 7.68. The number of carbonyl (C=O) groups excluding carboxylic acids is 1. The van der Waals surface area contributed by atoms with E-state index in [1.54, 1.807) is 24.3 Å².